The van der Waals surface area contributed by atoms with E-state index in [0.717, 1.165) is 10.9 Å². The average Bonchev–Trinajstić information content (AvgIpc) is 2.51. The van der Waals surface area contributed by atoms with Crippen LogP contribution in [-0.2, 0) is 17.6 Å². The molecular weight excluding hydrogens is 317 g/mol. The standard InChI is InChI=1S/C18H13ClFNO2/c19-17-10-16-12(5-6-21-18(16)23)8-13(17)9-15(22)7-11-1-3-14(20)4-2-11/h1-6,8,10H,7,9H2,(H,21,23). The minimum Gasteiger partial charge on any atom is -0.329 e. The van der Waals surface area contributed by atoms with Gasteiger partial charge in [-0.3, -0.25) is 9.59 Å². The number of hydrogen-bond donors (Lipinski definition) is 1. The van der Waals surface area contributed by atoms with Crippen LogP contribution in [0.15, 0.2) is 53.5 Å². The van der Waals surface area contributed by atoms with Crippen molar-refractivity contribution in [1.82, 2.24) is 4.98 Å². The highest BCUT2D eigenvalue weighted by atomic mass is 35.5. The highest BCUT2D eigenvalue weighted by Gasteiger charge is 2.11. The molecule has 0 aliphatic carbocycles. The first-order valence-electron chi connectivity index (χ1n) is 7.09. The third-order valence-electron chi connectivity index (χ3n) is 3.64. The highest BCUT2D eigenvalue weighted by Crippen LogP contribution is 2.23. The van der Waals surface area contributed by atoms with Gasteiger partial charge in [-0.25, -0.2) is 4.39 Å². The van der Waals surface area contributed by atoms with E-state index in [4.69, 9.17) is 11.6 Å². The minimum atomic E-state index is -0.330. The minimum absolute atomic E-state index is 0.0253. The van der Waals surface area contributed by atoms with E-state index in [1.807, 2.05) is 0 Å². The second-order valence-corrected chi connectivity index (χ2v) is 5.76. The molecule has 3 rings (SSSR count). The largest absolute Gasteiger partial charge is 0.329 e. The number of ketones is 1. The Bertz CT molecular complexity index is 932. The zero-order valence-corrected chi connectivity index (χ0v) is 12.9. The molecular formula is C18H13ClFNO2. The van der Waals surface area contributed by atoms with Gasteiger partial charge >= 0.3 is 0 Å². The molecule has 0 fully saturated rings. The van der Waals surface area contributed by atoms with Gasteiger partial charge in [0, 0.05) is 29.4 Å². The van der Waals surface area contributed by atoms with Gasteiger partial charge in [0.2, 0.25) is 0 Å². The fraction of sp³-hybridized carbons (Fsp3) is 0.111. The van der Waals surface area contributed by atoms with E-state index in [9.17, 15) is 14.0 Å². The smallest absolute Gasteiger partial charge is 0.255 e. The molecule has 0 saturated carbocycles. The van der Waals surface area contributed by atoms with Gasteiger partial charge in [-0.2, -0.15) is 0 Å². The Hall–Kier alpha value is -2.46. The van der Waals surface area contributed by atoms with Crippen LogP contribution >= 0.6 is 11.6 Å². The van der Waals surface area contributed by atoms with E-state index in [-0.39, 0.29) is 30.0 Å². The van der Waals surface area contributed by atoms with E-state index in [2.05, 4.69) is 4.98 Å². The van der Waals surface area contributed by atoms with Crippen molar-refractivity contribution in [2.45, 2.75) is 12.8 Å². The molecule has 0 atom stereocenters. The Morgan fingerprint density at radius 2 is 1.83 bits per heavy atom. The third-order valence-corrected chi connectivity index (χ3v) is 3.99. The highest BCUT2D eigenvalue weighted by molar-refractivity contribution is 6.32. The van der Waals surface area contributed by atoms with Crippen LogP contribution in [0.2, 0.25) is 5.02 Å². The molecule has 0 radical (unpaired) electrons. The number of aromatic amines is 1. The zero-order chi connectivity index (χ0) is 16.4. The van der Waals surface area contributed by atoms with Crippen LogP contribution in [0.4, 0.5) is 4.39 Å². The molecule has 0 amide bonds. The number of H-pyrrole nitrogens is 1. The first-order chi connectivity index (χ1) is 11.0. The van der Waals surface area contributed by atoms with Crippen LogP contribution in [-0.4, -0.2) is 10.8 Å². The summed E-state index contributed by atoms with van der Waals surface area (Å²) in [6.07, 6.45) is 1.94. The summed E-state index contributed by atoms with van der Waals surface area (Å²) in [6, 6.07) is 11.0. The fourth-order valence-corrected chi connectivity index (χ4v) is 2.73. The molecule has 0 aliphatic rings. The summed E-state index contributed by atoms with van der Waals surface area (Å²) in [5.74, 6) is -0.355. The summed E-state index contributed by atoms with van der Waals surface area (Å²) < 4.78 is 12.9. The molecule has 3 nitrogen and oxygen atoms in total. The van der Waals surface area contributed by atoms with Crippen LogP contribution < -0.4 is 5.56 Å². The van der Waals surface area contributed by atoms with Crippen LogP contribution in [0, 0.1) is 5.82 Å². The van der Waals surface area contributed by atoms with Crippen molar-refractivity contribution in [3.8, 4) is 0 Å². The Labute approximate surface area is 136 Å². The van der Waals surface area contributed by atoms with Crippen molar-refractivity contribution in [3.05, 3.63) is 81.0 Å². The van der Waals surface area contributed by atoms with Gasteiger partial charge < -0.3 is 4.98 Å². The van der Waals surface area contributed by atoms with Gasteiger partial charge in [0.05, 0.1) is 0 Å². The summed E-state index contributed by atoms with van der Waals surface area (Å²) in [5, 5.41) is 1.62. The number of carbonyl (C=O) groups is 1. The lowest BCUT2D eigenvalue weighted by molar-refractivity contribution is -0.117. The number of aromatic nitrogens is 1. The van der Waals surface area contributed by atoms with Crippen molar-refractivity contribution >= 4 is 28.2 Å². The maximum absolute atomic E-state index is 12.9. The SMILES string of the molecule is O=C(Cc1ccc(F)cc1)Cc1cc2cc[nH]c(=O)c2cc1Cl. The number of halogens is 2. The molecule has 5 heteroatoms. The number of fused-ring (bicyclic) bond motifs is 1. The summed E-state index contributed by atoms with van der Waals surface area (Å²) in [6.45, 7) is 0. The van der Waals surface area contributed by atoms with Crippen molar-refractivity contribution in [1.29, 1.82) is 0 Å². The lowest BCUT2D eigenvalue weighted by atomic mass is 10.0. The molecule has 0 aliphatic heterocycles. The van der Waals surface area contributed by atoms with Crippen molar-refractivity contribution < 1.29 is 9.18 Å². The Morgan fingerprint density at radius 3 is 2.57 bits per heavy atom. The summed E-state index contributed by atoms with van der Waals surface area (Å²) in [4.78, 5) is 26.5. The van der Waals surface area contributed by atoms with E-state index in [0.29, 0.717) is 16.0 Å². The molecule has 0 saturated heterocycles. The molecule has 1 aromatic heterocycles. The average molecular weight is 330 g/mol. The first-order valence-corrected chi connectivity index (χ1v) is 7.47. The first kappa shape index (κ1) is 15.4. The Kier molecular flexibility index (Phi) is 4.26. The molecule has 116 valence electrons. The number of nitrogens with one attached hydrogen (secondary N) is 1. The summed E-state index contributed by atoms with van der Waals surface area (Å²) in [7, 11) is 0. The molecule has 1 N–H and O–H groups in total. The second kappa shape index (κ2) is 6.34. The quantitative estimate of drug-likeness (QED) is 0.794. The second-order valence-electron chi connectivity index (χ2n) is 5.36. The van der Waals surface area contributed by atoms with Crippen LogP contribution in [0.3, 0.4) is 0 Å². The van der Waals surface area contributed by atoms with E-state index in [1.165, 1.54) is 12.1 Å². The number of pyridine rings is 1. The molecule has 0 bridgehead atoms. The van der Waals surface area contributed by atoms with Gasteiger partial charge in [-0.1, -0.05) is 23.7 Å². The maximum Gasteiger partial charge on any atom is 0.255 e. The zero-order valence-electron chi connectivity index (χ0n) is 12.1. The molecule has 2 aromatic carbocycles. The number of carbonyl (C=O) groups excluding carboxylic acids is 1. The van der Waals surface area contributed by atoms with Crippen LogP contribution in [0.5, 0.6) is 0 Å². The third kappa shape index (κ3) is 3.48. The van der Waals surface area contributed by atoms with Crippen molar-refractivity contribution in [3.63, 3.8) is 0 Å². The monoisotopic (exact) mass is 329 g/mol. The summed E-state index contributed by atoms with van der Waals surface area (Å²) in [5.41, 5.74) is 1.22. The van der Waals surface area contributed by atoms with Gasteiger partial charge in [0.15, 0.2) is 0 Å². The van der Waals surface area contributed by atoms with Crippen LogP contribution in [0.1, 0.15) is 11.1 Å². The van der Waals surface area contributed by atoms with E-state index < -0.39 is 0 Å². The number of benzene rings is 2. The summed E-state index contributed by atoms with van der Waals surface area (Å²) >= 11 is 6.19. The van der Waals surface area contributed by atoms with Gasteiger partial charge in [-0.15, -0.1) is 0 Å². The lowest BCUT2D eigenvalue weighted by Crippen LogP contribution is -2.09. The fourth-order valence-electron chi connectivity index (χ4n) is 2.50. The predicted octanol–water partition coefficient (Wildman–Crippen LogP) is 3.67. The number of rotatable bonds is 4. The van der Waals surface area contributed by atoms with Gasteiger partial charge in [0.1, 0.15) is 11.6 Å². The van der Waals surface area contributed by atoms with Gasteiger partial charge in [0.25, 0.3) is 5.56 Å². The van der Waals surface area contributed by atoms with Gasteiger partial charge in [-0.05, 0) is 46.8 Å². The Morgan fingerprint density at radius 1 is 1.09 bits per heavy atom. The molecule has 1 heterocycles. The van der Waals surface area contributed by atoms with E-state index in [1.54, 1.807) is 36.5 Å². The van der Waals surface area contributed by atoms with E-state index >= 15 is 0 Å². The topological polar surface area (TPSA) is 49.9 Å². The lowest BCUT2D eigenvalue weighted by Gasteiger charge is -2.06. The van der Waals surface area contributed by atoms with Crippen LogP contribution in [0.25, 0.3) is 10.8 Å². The van der Waals surface area contributed by atoms with Crippen molar-refractivity contribution in [2.24, 2.45) is 0 Å². The molecule has 0 spiro atoms. The maximum atomic E-state index is 12.9. The molecule has 3 aromatic rings. The molecule has 0 unspecified atom stereocenters. The number of hydrogen-bond acceptors (Lipinski definition) is 2. The Balaban J connectivity index is 1.83. The number of Topliss-reactive ketones (excluding diaryl/α,β-unsaturated/α-hetero) is 1. The molecule has 23 heavy (non-hydrogen) atoms. The predicted molar refractivity (Wildman–Crippen MR) is 88.4 cm³/mol. The van der Waals surface area contributed by atoms with Crippen molar-refractivity contribution in [2.75, 3.05) is 0 Å². The normalized spacial score (nSPS) is 10.9.